The number of ether oxygens (including phenoxy) is 1. The molecule has 0 N–H and O–H groups in total. The minimum absolute atomic E-state index is 0.0175. The molecule has 0 radical (unpaired) electrons. The van der Waals surface area contributed by atoms with Gasteiger partial charge in [0.1, 0.15) is 6.29 Å². The zero-order chi connectivity index (χ0) is 14.8. The lowest BCUT2D eigenvalue weighted by Crippen LogP contribution is -2.25. The van der Waals surface area contributed by atoms with Crippen molar-refractivity contribution < 1.29 is 9.53 Å². The number of imidazole rings is 1. The highest BCUT2D eigenvalue weighted by atomic mass is 16.5. The van der Waals surface area contributed by atoms with Crippen molar-refractivity contribution in [3.63, 3.8) is 0 Å². The fraction of sp³-hybridized carbons (Fsp3) is 0.143. The molecule has 21 heavy (non-hydrogen) atoms. The summed E-state index contributed by atoms with van der Waals surface area (Å²) in [4.78, 5) is 31.6. The predicted octanol–water partition coefficient (Wildman–Crippen LogP) is 0.790. The summed E-state index contributed by atoms with van der Waals surface area (Å²) in [6.07, 6.45) is 2.20. The number of hydrogen-bond donors (Lipinski definition) is 0. The van der Waals surface area contributed by atoms with Crippen molar-refractivity contribution in [2.75, 3.05) is 7.11 Å². The van der Waals surface area contributed by atoms with Gasteiger partial charge in [-0.1, -0.05) is 12.1 Å². The van der Waals surface area contributed by atoms with Crippen LogP contribution in [0.5, 0.6) is 5.88 Å². The van der Waals surface area contributed by atoms with Gasteiger partial charge in [0.2, 0.25) is 11.8 Å². The number of aromatic nitrogens is 4. The summed E-state index contributed by atoms with van der Waals surface area (Å²) < 4.78 is 7.80. The molecule has 7 heteroatoms. The second-order valence-electron chi connectivity index (χ2n) is 4.28. The summed E-state index contributed by atoms with van der Waals surface area (Å²) in [5.74, 6) is 0.569. The first-order valence-electron chi connectivity index (χ1n) is 6.27. The normalized spacial score (nSPS) is 10.7. The van der Waals surface area contributed by atoms with Crippen molar-refractivity contribution in [2.45, 2.75) is 6.54 Å². The summed E-state index contributed by atoms with van der Waals surface area (Å²) in [5.41, 5.74) is 0.926. The van der Waals surface area contributed by atoms with E-state index in [4.69, 9.17) is 4.74 Å². The first-order chi connectivity index (χ1) is 10.3. The second-order valence-corrected chi connectivity index (χ2v) is 4.28. The van der Waals surface area contributed by atoms with Gasteiger partial charge in [0.25, 0.3) is 0 Å². The lowest BCUT2D eigenvalue weighted by atomic mass is 10.3. The van der Waals surface area contributed by atoms with Gasteiger partial charge in [0.15, 0.2) is 0 Å². The van der Waals surface area contributed by atoms with Crippen molar-refractivity contribution in [3.05, 3.63) is 47.0 Å². The molecule has 7 nitrogen and oxygen atoms in total. The lowest BCUT2D eigenvalue weighted by Gasteiger charge is -2.03. The highest BCUT2D eigenvalue weighted by Gasteiger charge is 2.16. The Balaban J connectivity index is 2.34. The van der Waals surface area contributed by atoms with Crippen molar-refractivity contribution in [3.8, 4) is 11.8 Å². The Kier molecular flexibility index (Phi) is 3.23. The van der Waals surface area contributed by atoms with Crippen LogP contribution in [0.25, 0.3) is 17.0 Å². The molecule has 1 aromatic carbocycles. The van der Waals surface area contributed by atoms with Crippen LogP contribution in [-0.2, 0) is 11.3 Å². The van der Waals surface area contributed by atoms with Gasteiger partial charge >= 0.3 is 5.69 Å². The van der Waals surface area contributed by atoms with Crippen LogP contribution in [0.3, 0.4) is 0 Å². The fourth-order valence-corrected chi connectivity index (χ4v) is 2.21. The Morgan fingerprint density at radius 2 is 2.00 bits per heavy atom. The molecule has 0 aliphatic carbocycles. The molecule has 0 fully saturated rings. The SMILES string of the molecule is COc1ccnc(-n2c(=O)n(CC=O)c3ccccc32)n1. The Morgan fingerprint density at radius 3 is 2.71 bits per heavy atom. The van der Waals surface area contributed by atoms with Gasteiger partial charge in [-0.05, 0) is 12.1 Å². The van der Waals surface area contributed by atoms with E-state index < -0.39 is 0 Å². The molecular formula is C14H12N4O3. The number of carbonyl (C=O) groups excluding carboxylic acids is 1. The van der Waals surface area contributed by atoms with Crippen molar-refractivity contribution in [1.82, 2.24) is 19.1 Å². The van der Waals surface area contributed by atoms with E-state index in [1.165, 1.54) is 22.4 Å². The van der Waals surface area contributed by atoms with E-state index in [1.54, 1.807) is 24.3 Å². The second kappa shape index (κ2) is 5.20. The Hall–Kier alpha value is -2.96. The number of hydrogen-bond acceptors (Lipinski definition) is 5. The topological polar surface area (TPSA) is 79.0 Å². The molecule has 0 saturated heterocycles. The average molecular weight is 284 g/mol. The van der Waals surface area contributed by atoms with Crippen LogP contribution in [0.1, 0.15) is 0 Å². The molecule has 3 aromatic rings. The number of nitrogens with zero attached hydrogens (tertiary/aromatic N) is 4. The third-order valence-electron chi connectivity index (χ3n) is 3.12. The van der Waals surface area contributed by atoms with Crippen LogP contribution in [0.2, 0.25) is 0 Å². The summed E-state index contributed by atoms with van der Waals surface area (Å²) in [7, 11) is 1.49. The summed E-state index contributed by atoms with van der Waals surface area (Å²) in [6, 6.07) is 8.76. The number of benzene rings is 1. The molecule has 2 aromatic heterocycles. The molecule has 0 unspecified atom stereocenters. The number of carbonyl (C=O) groups is 1. The standard InChI is InChI=1S/C14H12N4O3/c1-21-12-6-7-15-13(16-12)18-11-5-3-2-4-10(11)17(8-9-19)14(18)20/h2-7,9H,8H2,1H3. The average Bonchev–Trinajstić information content (AvgIpc) is 2.80. The molecule has 0 spiro atoms. The van der Waals surface area contributed by atoms with Gasteiger partial charge in [0.05, 0.1) is 24.7 Å². The zero-order valence-corrected chi connectivity index (χ0v) is 11.3. The van der Waals surface area contributed by atoms with Crippen LogP contribution < -0.4 is 10.4 Å². The minimum atomic E-state index is -0.364. The van der Waals surface area contributed by atoms with E-state index in [2.05, 4.69) is 9.97 Å². The highest BCUT2D eigenvalue weighted by molar-refractivity contribution is 5.78. The van der Waals surface area contributed by atoms with Gasteiger partial charge in [-0.2, -0.15) is 4.98 Å². The minimum Gasteiger partial charge on any atom is -0.481 e. The van der Waals surface area contributed by atoms with Gasteiger partial charge < -0.3 is 9.53 Å². The van der Waals surface area contributed by atoms with Crippen LogP contribution in [0.15, 0.2) is 41.3 Å². The van der Waals surface area contributed by atoms with Crippen LogP contribution in [0, 0.1) is 0 Å². The fourth-order valence-electron chi connectivity index (χ4n) is 2.21. The van der Waals surface area contributed by atoms with E-state index in [1.807, 2.05) is 6.07 Å². The van der Waals surface area contributed by atoms with E-state index in [9.17, 15) is 9.59 Å². The Morgan fingerprint density at radius 1 is 1.24 bits per heavy atom. The molecule has 0 atom stereocenters. The lowest BCUT2D eigenvalue weighted by molar-refractivity contribution is -0.108. The van der Waals surface area contributed by atoms with Crippen molar-refractivity contribution in [1.29, 1.82) is 0 Å². The van der Waals surface area contributed by atoms with Gasteiger partial charge in [-0.15, -0.1) is 0 Å². The van der Waals surface area contributed by atoms with Crippen molar-refractivity contribution >= 4 is 17.3 Å². The zero-order valence-electron chi connectivity index (χ0n) is 11.3. The van der Waals surface area contributed by atoms with Crippen LogP contribution in [0.4, 0.5) is 0 Å². The maximum absolute atomic E-state index is 12.5. The monoisotopic (exact) mass is 284 g/mol. The number of aldehydes is 1. The molecule has 0 saturated carbocycles. The number of para-hydroxylation sites is 2. The first kappa shape index (κ1) is 13.0. The summed E-state index contributed by atoms with van der Waals surface area (Å²) >= 11 is 0. The third kappa shape index (κ3) is 2.08. The molecular weight excluding hydrogens is 272 g/mol. The van der Waals surface area contributed by atoms with E-state index in [0.717, 1.165) is 0 Å². The van der Waals surface area contributed by atoms with E-state index in [0.29, 0.717) is 23.2 Å². The van der Waals surface area contributed by atoms with Gasteiger partial charge in [-0.25, -0.2) is 14.3 Å². The highest BCUT2D eigenvalue weighted by Crippen LogP contribution is 2.16. The number of fused-ring (bicyclic) bond motifs is 1. The molecule has 3 rings (SSSR count). The van der Waals surface area contributed by atoms with Crippen LogP contribution >= 0.6 is 0 Å². The predicted molar refractivity (Wildman–Crippen MR) is 75.7 cm³/mol. The smallest absolute Gasteiger partial charge is 0.336 e. The Labute approximate surface area is 119 Å². The summed E-state index contributed by atoms with van der Waals surface area (Å²) in [6.45, 7) is -0.0175. The molecule has 0 aliphatic heterocycles. The molecule has 2 heterocycles. The van der Waals surface area contributed by atoms with Crippen LogP contribution in [-0.4, -0.2) is 32.5 Å². The quantitative estimate of drug-likeness (QED) is 0.662. The number of rotatable bonds is 4. The molecule has 0 aliphatic rings. The molecule has 0 bridgehead atoms. The maximum Gasteiger partial charge on any atom is 0.336 e. The maximum atomic E-state index is 12.5. The largest absolute Gasteiger partial charge is 0.481 e. The first-order valence-corrected chi connectivity index (χ1v) is 6.27. The number of methoxy groups -OCH3 is 1. The third-order valence-corrected chi connectivity index (χ3v) is 3.12. The molecule has 0 amide bonds. The van der Waals surface area contributed by atoms with Gasteiger partial charge in [0, 0.05) is 12.3 Å². The Bertz CT molecular complexity index is 866. The van der Waals surface area contributed by atoms with Crippen molar-refractivity contribution in [2.24, 2.45) is 0 Å². The summed E-state index contributed by atoms with van der Waals surface area (Å²) in [5, 5.41) is 0. The van der Waals surface area contributed by atoms with E-state index >= 15 is 0 Å². The van der Waals surface area contributed by atoms with E-state index in [-0.39, 0.29) is 18.2 Å². The molecule has 106 valence electrons. The van der Waals surface area contributed by atoms with Gasteiger partial charge in [-0.3, -0.25) is 4.57 Å².